The zero-order valence-corrected chi connectivity index (χ0v) is 15.9. The van der Waals surface area contributed by atoms with Gasteiger partial charge in [0.2, 0.25) is 5.95 Å². The molecule has 2 saturated heterocycles. The molecule has 0 spiro atoms. The monoisotopic (exact) mass is 396 g/mol. The van der Waals surface area contributed by atoms with Crippen LogP contribution in [0.1, 0.15) is 12.8 Å². The van der Waals surface area contributed by atoms with E-state index in [1.165, 1.54) is 13.2 Å². The van der Waals surface area contributed by atoms with E-state index in [4.69, 9.17) is 9.47 Å². The van der Waals surface area contributed by atoms with Crippen molar-refractivity contribution in [3.63, 3.8) is 0 Å². The van der Waals surface area contributed by atoms with E-state index < -0.39 is 5.82 Å². The number of aromatic nitrogens is 4. The van der Waals surface area contributed by atoms with Gasteiger partial charge in [0.15, 0.2) is 17.4 Å². The number of ether oxygens (including phenoxy) is 2. The summed E-state index contributed by atoms with van der Waals surface area (Å²) < 4.78 is 24.6. The molecule has 150 valence electrons. The van der Waals surface area contributed by atoms with Crippen LogP contribution in [-0.4, -0.2) is 52.6 Å². The third kappa shape index (κ3) is 3.38. The average molecular weight is 396 g/mol. The number of fused-ring (bicyclic) bond motifs is 2. The van der Waals surface area contributed by atoms with Gasteiger partial charge < -0.3 is 19.7 Å². The van der Waals surface area contributed by atoms with E-state index in [-0.39, 0.29) is 5.75 Å². The van der Waals surface area contributed by atoms with Crippen molar-refractivity contribution in [2.75, 3.05) is 30.5 Å². The predicted octanol–water partition coefficient (Wildman–Crippen LogP) is 3.13. The van der Waals surface area contributed by atoms with Crippen molar-refractivity contribution in [1.82, 2.24) is 20.2 Å². The van der Waals surface area contributed by atoms with Gasteiger partial charge in [-0.05, 0) is 37.1 Å². The zero-order valence-electron chi connectivity index (χ0n) is 15.9. The Balaban J connectivity index is 1.35. The summed E-state index contributed by atoms with van der Waals surface area (Å²) in [7, 11) is 1.44. The minimum Gasteiger partial charge on any atom is -0.494 e. The van der Waals surface area contributed by atoms with E-state index in [1.807, 2.05) is 6.07 Å². The molecule has 0 saturated carbocycles. The maximum Gasteiger partial charge on any atom is 0.227 e. The van der Waals surface area contributed by atoms with Crippen LogP contribution >= 0.6 is 0 Å². The molecule has 1 aromatic carbocycles. The summed E-state index contributed by atoms with van der Waals surface area (Å²) in [4.78, 5) is 11.4. The number of rotatable bonds is 5. The molecule has 0 radical (unpaired) electrons. The van der Waals surface area contributed by atoms with E-state index in [0.717, 1.165) is 26.1 Å². The summed E-state index contributed by atoms with van der Waals surface area (Å²) in [6.07, 6.45) is 3.95. The Hall–Kier alpha value is -3.20. The number of halogens is 1. The van der Waals surface area contributed by atoms with Crippen molar-refractivity contribution in [2.24, 2.45) is 0 Å². The lowest BCUT2D eigenvalue weighted by Gasteiger charge is -2.34. The van der Waals surface area contributed by atoms with Gasteiger partial charge >= 0.3 is 0 Å². The first-order chi connectivity index (χ1) is 14.2. The molecule has 29 heavy (non-hydrogen) atoms. The SMILES string of the molecule is COc1ccc(-c2cc(Nc3ccnc(N4C5CCC4COC5)n3)n[nH]2)cc1F. The standard InChI is InChI=1S/C20H21FN6O2/c1-28-17-5-2-12(8-15(17)21)16-9-19(26-25-16)23-18-6-7-22-20(24-18)27-13-3-4-14(27)11-29-10-13/h2,5-9,13-14H,3-4,10-11H2,1H3,(H2,22,23,24,25,26). The molecule has 0 aliphatic carbocycles. The molecule has 2 aromatic heterocycles. The number of H-pyrrole nitrogens is 1. The summed E-state index contributed by atoms with van der Waals surface area (Å²) in [5, 5.41) is 10.4. The highest BCUT2D eigenvalue weighted by Crippen LogP contribution is 2.32. The second-order valence-electron chi connectivity index (χ2n) is 7.21. The Kier molecular flexibility index (Phi) is 4.51. The molecule has 2 aliphatic heterocycles. The fraction of sp³-hybridized carbons (Fsp3) is 0.350. The molecule has 2 fully saturated rings. The number of nitrogens with zero attached hydrogens (tertiary/aromatic N) is 4. The maximum atomic E-state index is 14.0. The molecule has 5 rings (SSSR count). The van der Waals surface area contributed by atoms with Crippen LogP contribution < -0.4 is 15.0 Å². The highest BCUT2D eigenvalue weighted by Gasteiger charge is 2.38. The Morgan fingerprint density at radius 1 is 1.17 bits per heavy atom. The van der Waals surface area contributed by atoms with Crippen LogP contribution in [0.4, 0.5) is 22.0 Å². The van der Waals surface area contributed by atoms with Crippen LogP contribution in [-0.2, 0) is 4.74 Å². The van der Waals surface area contributed by atoms with Gasteiger partial charge in [0.1, 0.15) is 5.82 Å². The highest BCUT2D eigenvalue weighted by atomic mass is 19.1. The van der Waals surface area contributed by atoms with E-state index >= 15 is 0 Å². The number of morpholine rings is 1. The molecule has 2 aliphatic rings. The number of hydrogen-bond acceptors (Lipinski definition) is 7. The van der Waals surface area contributed by atoms with Crippen LogP contribution in [0.5, 0.6) is 5.75 Å². The Bertz CT molecular complexity index is 1010. The fourth-order valence-electron chi connectivity index (χ4n) is 4.00. The minimum absolute atomic E-state index is 0.206. The van der Waals surface area contributed by atoms with E-state index in [0.29, 0.717) is 40.9 Å². The molecule has 2 bridgehead atoms. The van der Waals surface area contributed by atoms with Gasteiger partial charge in [-0.1, -0.05) is 0 Å². The molecule has 2 unspecified atom stereocenters. The summed E-state index contributed by atoms with van der Waals surface area (Å²) in [5.74, 6) is 1.73. The highest BCUT2D eigenvalue weighted by molar-refractivity contribution is 5.66. The van der Waals surface area contributed by atoms with Crippen molar-refractivity contribution >= 4 is 17.6 Å². The Morgan fingerprint density at radius 3 is 2.76 bits per heavy atom. The zero-order chi connectivity index (χ0) is 19.8. The van der Waals surface area contributed by atoms with Crippen LogP contribution in [0, 0.1) is 5.82 Å². The maximum absolute atomic E-state index is 14.0. The first-order valence-corrected chi connectivity index (χ1v) is 9.57. The number of benzene rings is 1. The summed E-state index contributed by atoms with van der Waals surface area (Å²) in [6.45, 7) is 1.44. The number of nitrogens with one attached hydrogen (secondary N) is 2. The Labute approximate surface area is 167 Å². The normalized spacial score (nSPS) is 20.7. The molecule has 0 amide bonds. The van der Waals surface area contributed by atoms with Gasteiger partial charge in [-0.15, -0.1) is 0 Å². The summed E-state index contributed by atoms with van der Waals surface area (Å²) >= 11 is 0. The minimum atomic E-state index is -0.422. The van der Waals surface area contributed by atoms with Gasteiger partial charge in [-0.2, -0.15) is 10.1 Å². The lowest BCUT2D eigenvalue weighted by Crippen LogP contribution is -2.46. The number of aromatic amines is 1. The number of anilines is 3. The van der Waals surface area contributed by atoms with Crippen molar-refractivity contribution in [1.29, 1.82) is 0 Å². The van der Waals surface area contributed by atoms with Crippen LogP contribution in [0.25, 0.3) is 11.3 Å². The second-order valence-corrected chi connectivity index (χ2v) is 7.21. The molecule has 2 atom stereocenters. The third-order valence-electron chi connectivity index (χ3n) is 5.41. The van der Waals surface area contributed by atoms with Crippen molar-refractivity contribution in [3.05, 3.63) is 42.3 Å². The lowest BCUT2D eigenvalue weighted by atomic mass is 10.1. The first-order valence-electron chi connectivity index (χ1n) is 9.57. The van der Waals surface area contributed by atoms with Gasteiger partial charge in [0.25, 0.3) is 0 Å². The van der Waals surface area contributed by atoms with E-state index in [1.54, 1.807) is 24.4 Å². The average Bonchev–Trinajstić information content (AvgIpc) is 3.30. The van der Waals surface area contributed by atoms with Crippen molar-refractivity contribution in [2.45, 2.75) is 24.9 Å². The van der Waals surface area contributed by atoms with Crippen LogP contribution in [0.2, 0.25) is 0 Å². The van der Waals surface area contributed by atoms with E-state index in [2.05, 4.69) is 30.4 Å². The predicted molar refractivity (Wildman–Crippen MR) is 106 cm³/mol. The molecule has 8 nitrogen and oxygen atoms in total. The first kappa shape index (κ1) is 17.9. The molecule has 3 aromatic rings. The van der Waals surface area contributed by atoms with Crippen molar-refractivity contribution < 1.29 is 13.9 Å². The smallest absolute Gasteiger partial charge is 0.227 e. The molecular weight excluding hydrogens is 375 g/mol. The lowest BCUT2D eigenvalue weighted by molar-refractivity contribution is 0.0897. The van der Waals surface area contributed by atoms with E-state index in [9.17, 15) is 4.39 Å². The van der Waals surface area contributed by atoms with Crippen LogP contribution in [0.15, 0.2) is 36.5 Å². The summed E-state index contributed by atoms with van der Waals surface area (Å²) in [5.41, 5.74) is 1.37. The quantitative estimate of drug-likeness (QED) is 0.685. The fourth-order valence-corrected chi connectivity index (χ4v) is 4.00. The Morgan fingerprint density at radius 2 is 2.00 bits per heavy atom. The topological polar surface area (TPSA) is 88.2 Å². The molecule has 2 N–H and O–H groups in total. The summed E-state index contributed by atoms with van der Waals surface area (Å²) in [6, 6.07) is 9.06. The van der Waals surface area contributed by atoms with Crippen LogP contribution in [0.3, 0.4) is 0 Å². The molecular formula is C20H21FN6O2. The largest absolute Gasteiger partial charge is 0.494 e. The van der Waals surface area contributed by atoms with Crippen molar-refractivity contribution in [3.8, 4) is 17.0 Å². The van der Waals surface area contributed by atoms with Gasteiger partial charge in [0.05, 0.1) is 38.1 Å². The van der Waals surface area contributed by atoms with Gasteiger partial charge in [0, 0.05) is 17.8 Å². The second kappa shape index (κ2) is 7.32. The number of hydrogen-bond donors (Lipinski definition) is 2. The van der Waals surface area contributed by atoms with Gasteiger partial charge in [-0.3, -0.25) is 5.10 Å². The number of methoxy groups -OCH3 is 1. The molecule has 9 heteroatoms. The third-order valence-corrected chi connectivity index (χ3v) is 5.41. The molecule has 4 heterocycles. The van der Waals surface area contributed by atoms with Gasteiger partial charge in [-0.25, -0.2) is 9.37 Å².